The smallest absolute Gasteiger partial charge is 0.225 e. The molecule has 3 nitrogen and oxygen atoms in total. The molecule has 0 saturated carbocycles. The number of carbonyl (C=O) groups excluding carboxylic acids is 1. The summed E-state index contributed by atoms with van der Waals surface area (Å²) in [7, 11) is 0. The van der Waals surface area contributed by atoms with Crippen LogP contribution >= 0.6 is 0 Å². The lowest BCUT2D eigenvalue weighted by molar-refractivity contribution is -0.132. The summed E-state index contributed by atoms with van der Waals surface area (Å²) in [5.41, 5.74) is 0. The summed E-state index contributed by atoms with van der Waals surface area (Å²) in [5, 5.41) is 0. The minimum atomic E-state index is -0.386. The molecule has 1 heterocycles. The molecule has 18 heavy (non-hydrogen) atoms. The Morgan fingerprint density at radius 1 is 1.22 bits per heavy atom. The molecule has 4 heteroatoms. The number of carbonyl (C=O) groups is 1. The second-order valence-corrected chi connectivity index (χ2v) is 4.47. The van der Waals surface area contributed by atoms with Crippen molar-refractivity contribution < 1.29 is 13.9 Å². The maximum Gasteiger partial charge on any atom is 0.225 e. The van der Waals surface area contributed by atoms with Crippen LogP contribution in [-0.4, -0.2) is 30.5 Å². The van der Waals surface area contributed by atoms with Crippen LogP contribution in [0, 0.1) is 5.82 Å². The number of hydrogen-bond donors (Lipinski definition) is 0. The zero-order chi connectivity index (χ0) is 12.8. The van der Waals surface area contributed by atoms with Gasteiger partial charge in [-0.1, -0.05) is 12.1 Å². The average molecular weight is 251 g/mol. The van der Waals surface area contributed by atoms with Crippen LogP contribution in [0.2, 0.25) is 0 Å². The summed E-state index contributed by atoms with van der Waals surface area (Å²) in [6, 6.07) is 6.24. The van der Waals surface area contributed by atoms with Crippen molar-refractivity contribution in [1.29, 1.82) is 0 Å². The van der Waals surface area contributed by atoms with Crippen LogP contribution in [0.3, 0.4) is 0 Å². The number of para-hydroxylation sites is 1. The Hall–Kier alpha value is -1.58. The van der Waals surface area contributed by atoms with E-state index in [1.807, 2.05) is 4.90 Å². The molecule has 1 amide bonds. The van der Waals surface area contributed by atoms with Crippen molar-refractivity contribution >= 4 is 5.91 Å². The molecular formula is C14H18FNO2. The van der Waals surface area contributed by atoms with Gasteiger partial charge in [0, 0.05) is 13.1 Å². The standard InChI is InChI=1S/C14H18FNO2/c15-12-6-2-3-7-13(12)18-11-8-14(17)16-9-4-1-5-10-16/h2-3,6-7H,1,4-5,8-11H2. The predicted octanol–water partition coefficient (Wildman–Crippen LogP) is 2.61. The number of likely N-dealkylation sites (tertiary alicyclic amines) is 1. The number of piperidine rings is 1. The van der Waals surface area contributed by atoms with E-state index in [9.17, 15) is 9.18 Å². The number of halogens is 1. The van der Waals surface area contributed by atoms with Crippen molar-refractivity contribution in [1.82, 2.24) is 4.90 Å². The minimum Gasteiger partial charge on any atom is -0.490 e. The largest absolute Gasteiger partial charge is 0.490 e. The molecule has 1 fully saturated rings. The van der Waals surface area contributed by atoms with Crippen molar-refractivity contribution in [3.8, 4) is 5.75 Å². The first-order valence-electron chi connectivity index (χ1n) is 6.42. The lowest BCUT2D eigenvalue weighted by atomic mass is 10.1. The third-order valence-corrected chi connectivity index (χ3v) is 3.12. The Kier molecular flexibility index (Phi) is 4.56. The molecule has 98 valence electrons. The van der Waals surface area contributed by atoms with E-state index in [-0.39, 0.29) is 24.1 Å². The highest BCUT2D eigenvalue weighted by molar-refractivity contribution is 5.76. The van der Waals surface area contributed by atoms with Gasteiger partial charge in [-0.3, -0.25) is 4.79 Å². The van der Waals surface area contributed by atoms with Crippen LogP contribution in [0.1, 0.15) is 25.7 Å². The monoisotopic (exact) mass is 251 g/mol. The van der Waals surface area contributed by atoms with Gasteiger partial charge in [0.1, 0.15) is 0 Å². The van der Waals surface area contributed by atoms with Gasteiger partial charge in [0.15, 0.2) is 11.6 Å². The zero-order valence-electron chi connectivity index (χ0n) is 10.4. The molecule has 0 bridgehead atoms. The molecule has 0 unspecified atom stereocenters. The van der Waals surface area contributed by atoms with Crippen molar-refractivity contribution in [2.24, 2.45) is 0 Å². The fourth-order valence-corrected chi connectivity index (χ4v) is 2.11. The lowest BCUT2D eigenvalue weighted by Gasteiger charge is -2.26. The highest BCUT2D eigenvalue weighted by atomic mass is 19.1. The average Bonchev–Trinajstić information content (AvgIpc) is 2.42. The molecule has 1 aliphatic rings. The maximum absolute atomic E-state index is 13.2. The highest BCUT2D eigenvalue weighted by Gasteiger charge is 2.16. The minimum absolute atomic E-state index is 0.103. The summed E-state index contributed by atoms with van der Waals surface area (Å²) >= 11 is 0. The first kappa shape index (κ1) is 12.9. The van der Waals surface area contributed by atoms with Crippen LogP contribution in [-0.2, 0) is 4.79 Å². The maximum atomic E-state index is 13.2. The Morgan fingerprint density at radius 3 is 2.67 bits per heavy atom. The first-order chi connectivity index (χ1) is 8.77. The fraction of sp³-hybridized carbons (Fsp3) is 0.500. The lowest BCUT2D eigenvalue weighted by Crippen LogP contribution is -2.36. The Morgan fingerprint density at radius 2 is 1.94 bits per heavy atom. The van der Waals surface area contributed by atoms with Gasteiger partial charge in [-0.15, -0.1) is 0 Å². The van der Waals surface area contributed by atoms with Crippen molar-refractivity contribution in [2.45, 2.75) is 25.7 Å². The summed E-state index contributed by atoms with van der Waals surface area (Å²) in [4.78, 5) is 13.7. The summed E-state index contributed by atoms with van der Waals surface area (Å²) in [6.45, 7) is 1.92. The topological polar surface area (TPSA) is 29.5 Å². The van der Waals surface area contributed by atoms with E-state index in [2.05, 4.69) is 0 Å². The molecule has 0 radical (unpaired) electrons. The second-order valence-electron chi connectivity index (χ2n) is 4.47. The predicted molar refractivity (Wildman–Crippen MR) is 66.9 cm³/mol. The van der Waals surface area contributed by atoms with Gasteiger partial charge < -0.3 is 9.64 Å². The second kappa shape index (κ2) is 6.38. The summed E-state index contributed by atoms with van der Waals surface area (Å²) < 4.78 is 18.5. The van der Waals surface area contributed by atoms with Crippen molar-refractivity contribution in [3.05, 3.63) is 30.1 Å². The molecular weight excluding hydrogens is 233 g/mol. The van der Waals surface area contributed by atoms with Gasteiger partial charge in [0.2, 0.25) is 5.91 Å². The Balaban J connectivity index is 1.75. The van der Waals surface area contributed by atoms with Gasteiger partial charge in [-0.05, 0) is 31.4 Å². The number of nitrogens with zero attached hydrogens (tertiary/aromatic N) is 1. The van der Waals surface area contributed by atoms with Gasteiger partial charge in [-0.2, -0.15) is 0 Å². The van der Waals surface area contributed by atoms with E-state index >= 15 is 0 Å². The van der Waals surface area contributed by atoms with Gasteiger partial charge in [0.05, 0.1) is 13.0 Å². The van der Waals surface area contributed by atoms with Gasteiger partial charge in [0.25, 0.3) is 0 Å². The Labute approximate surface area is 107 Å². The summed E-state index contributed by atoms with van der Waals surface area (Å²) in [6.07, 6.45) is 3.68. The molecule has 1 saturated heterocycles. The molecule has 1 aromatic rings. The van der Waals surface area contributed by atoms with E-state index in [1.165, 1.54) is 12.5 Å². The number of amides is 1. The number of rotatable bonds is 4. The van der Waals surface area contributed by atoms with Crippen LogP contribution in [0.4, 0.5) is 4.39 Å². The number of benzene rings is 1. The third kappa shape index (κ3) is 3.45. The van der Waals surface area contributed by atoms with Gasteiger partial charge >= 0.3 is 0 Å². The van der Waals surface area contributed by atoms with Crippen LogP contribution in [0.15, 0.2) is 24.3 Å². The normalized spacial score (nSPS) is 15.5. The van der Waals surface area contributed by atoms with E-state index in [0.717, 1.165) is 25.9 Å². The van der Waals surface area contributed by atoms with Gasteiger partial charge in [-0.25, -0.2) is 4.39 Å². The van der Waals surface area contributed by atoms with E-state index in [4.69, 9.17) is 4.74 Å². The Bertz CT molecular complexity index is 403. The molecule has 0 spiro atoms. The van der Waals surface area contributed by atoms with E-state index in [1.54, 1.807) is 18.2 Å². The zero-order valence-corrected chi connectivity index (χ0v) is 10.4. The number of hydrogen-bond acceptors (Lipinski definition) is 2. The molecule has 1 aliphatic heterocycles. The molecule has 2 rings (SSSR count). The molecule has 0 atom stereocenters. The van der Waals surface area contributed by atoms with Crippen LogP contribution in [0.25, 0.3) is 0 Å². The quantitative estimate of drug-likeness (QED) is 0.823. The molecule has 0 aromatic heterocycles. The molecule has 0 aliphatic carbocycles. The van der Waals surface area contributed by atoms with Crippen molar-refractivity contribution in [3.63, 3.8) is 0 Å². The fourth-order valence-electron chi connectivity index (χ4n) is 2.11. The molecule has 1 aromatic carbocycles. The SMILES string of the molecule is O=C(CCOc1ccccc1F)N1CCCCC1. The first-order valence-corrected chi connectivity index (χ1v) is 6.42. The highest BCUT2D eigenvalue weighted by Crippen LogP contribution is 2.16. The molecule has 0 N–H and O–H groups in total. The van der Waals surface area contributed by atoms with Crippen LogP contribution in [0.5, 0.6) is 5.75 Å². The third-order valence-electron chi connectivity index (χ3n) is 3.12. The van der Waals surface area contributed by atoms with Crippen molar-refractivity contribution in [2.75, 3.05) is 19.7 Å². The number of ether oxygens (including phenoxy) is 1. The van der Waals surface area contributed by atoms with E-state index < -0.39 is 0 Å². The van der Waals surface area contributed by atoms with Crippen LogP contribution < -0.4 is 4.74 Å². The summed E-state index contributed by atoms with van der Waals surface area (Å²) in [5.74, 6) is -0.0714. The van der Waals surface area contributed by atoms with E-state index in [0.29, 0.717) is 6.42 Å².